The van der Waals surface area contributed by atoms with Crippen LogP contribution in [0.25, 0.3) is 0 Å². The number of ether oxygens (including phenoxy) is 1. The van der Waals surface area contributed by atoms with Gasteiger partial charge < -0.3 is 15.2 Å². The molecule has 0 aliphatic heterocycles. The minimum Gasteiger partial charge on any atom is -0.491 e. The van der Waals surface area contributed by atoms with E-state index >= 15 is 0 Å². The lowest BCUT2D eigenvalue weighted by Crippen LogP contribution is -2.31. The standard InChI is InChI=1S/C15H17F3N2O2S/c1-10-9-23-14(20-10)7-19-6-12(21)8-22-13-4-2-11(3-5-13)15(16,17)18/h2-5,9,12,19,21H,6-8H2,1H3. The third-order valence-electron chi connectivity index (χ3n) is 2.95. The van der Waals surface area contributed by atoms with Crippen LogP contribution in [-0.2, 0) is 12.7 Å². The van der Waals surface area contributed by atoms with Crippen LogP contribution >= 0.6 is 11.3 Å². The van der Waals surface area contributed by atoms with Crippen molar-refractivity contribution in [2.24, 2.45) is 0 Å². The summed E-state index contributed by atoms with van der Waals surface area (Å²) < 4.78 is 42.5. The number of halogens is 3. The van der Waals surface area contributed by atoms with Crippen molar-refractivity contribution in [2.75, 3.05) is 13.2 Å². The first-order valence-electron chi connectivity index (χ1n) is 6.94. The molecule has 0 radical (unpaired) electrons. The smallest absolute Gasteiger partial charge is 0.416 e. The highest BCUT2D eigenvalue weighted by atomic mass is 32.1. The zero-order valence-corrected chi connectivity index (χ0v) is 13.2. The van der Waals surface area contributed by atoms with Crippen LogP contribution in [0.2, 0.25) is 0 Å². The van der Waals surface area contributed by atoms with Crippen LogP contribution in [-0.4, -0.2) is 29.3 Å². The van der Waals surface area contributed by atoms with Crippen molar-refractivity contribution in [3.8, 4) is 5.75 Å². The van der Waals surface area contributed by atoms with Gasteiger partial charge in [-0.15, -0.1) is 11.3 Å². The van der Waals surface area contributed by atoms with Crippen molar-refractivity contribution in [1.29, 1.82) is 0 Å². The van der Waals surface area contributed by atoms with E-state index in [0.29, 0.717) is 13.1 Å². The molecule has 1 aromatic carbocycles. The van der Waals surface area contributed by atoms with Crippen LogP contribution in [0.5, 0.6) is 5.75 Å². The summed E-state index contributed by atoms with van der Waals surface area (Å²) in [4.78, 5) is 4.28. The third-order valence-corrected chi connectivity index (χ3v) is 3.91. The Labute approximate surface area is 135 Å². The maximum Gasteiger partial charge on any atom is 0.416 e. The first-order chi connectivity index (χ1) is 10.8. The summed E-state index contributed by atoms with van der Waals surface area (Å²) in [6.45, 7) is 2.76. The largest absolute Gasteiger partial charge is 0.491 e. The summed E-state index contributed by atoms with van der Waals surface area (Å²) >= 11 is 1.54. The number of aromatic nitrogens is 1. The number of thiazole rings is 1. The predicted molar refractivity (Wildman–Crippen MR) is 81.5 cm³/mol. The molecule has 1 aromatic heterocycles. The number of aliphatic hydroxyl groups excluding tert-OH is 1. The molecule has 0 fully saturated rings. The predicted octanol–water partition coefficient (Wildman–Crippen LogP) is 3.00. The van der Waals surface area contributed by atoms with E-state index in [1.807, 2.05) is 12.3 Å². The highest BCUT2D eigenvalue weighted by Crippen LogP contribution is 2.30. The van der Waals surface area contributed by atoms with E-state index in [1.54, 1.807) is 0 Å². The second-order valence-corrected chi connectivity index (χ2v) is 5.94. The molecule has 8 heteroatoms. The third kappa shape index (κ3) is 5.81. The number of hydrogen-bond donors (Lipinski definition) is 2. The summed E-state index contributed by atoms with van der Waals surface area (Å²) in [7, 11) is 0. The fraction of sp³-hybridized carbons (Fsp3) is 0.400. The zero-order valence-electron chi connectivity index (χ0n) is 12.4. The molecule has 2 rings (SSSR count). The Kier molecular flexibility index (Phi) is 5.97. The monoisotopic (exact) mass is 346 g/mol. The first kappa shape index (κ1) is 17.7. The van der Waals surface area contributed by atoms with Gasteiger partial charge in [0.2, 0.25) is 0 Å². The van der Waals surface area contributed by atoms with Crippen LogP contribution in [0.15, 0.2) is 29.6 Å². The van der Waals surface area contributed by atoms with Gasteiger partial charge in [-0.2, -0.15) is 13.2 Å². The number of alkyl halides is 3. The average Bonchev–Trinajstić information content (AvgIpc) is 2.90. The lowest BCUT2D eigenvalue weighted by molar-refractivity contribution is -0.137. The molecular weight excluding hydrogens is 329 g/mol. The molecule has 0 bridgehead atoms. The van der Waals surface area contributed by atoms with Gasteiger partial charge in [-0.3, -0.25) is 0 Å². The molecule has 0 aliphatic carbocycles. The van der Waals surface area contributed by atoms with Gasteiger partial charge in [0, 0.05) is 24.2 Å². The van der Waals surface area contributed by atoms with Crippen molar-refractivity contribution in [1.82, 2.24) is 10.3 Å². The van der Waals surface area contributed by atoms with E-state index in [4.69, 9.17) is 4.74 Å². The minimum absolute atomic E-state index is 0.00470. The van der Waals surface area contributed by atoms with Crippen molar-refractivity contribution in [3.63, 3.8) is 0 Å². The van der Waals surface area contributed by atoms with E-state index < -0.39 is 17.8 Å². The van der Waals surface area contributed by atoms with E-state index in [2.05, 4.69) is 10.3 Å². The van der Waals surface area contributed by atoms with Gasteiger partial charge in [-0.25, -0.2) is 4.98 Å². The molecule has 1 atom stereocenters. The number of aliphatic hydroxyl groups is 1. The molecule has 2 N–H and O–H groups in total. The Morgan fingerprint density at radius 3 is 2.57 bits per heavy atom. The molecule has 1 heterocycles. The fourth-order valence-electron chi connectivity index (χ4n) is 1.82. The van der Waals surface area contributed by atoms with E-state index in [-0.39, 0.29) is 12.4 Å². The van der Waals surface area contributed by atoms with Gasteiger partial charge in [-0.1, -0.05) is 0 Å². The molecule has 23 heavy (non-hydrogen) atoms. The summed E-state index contributed by atoms with van der Waals surface area (Å²) in [5.74, 6) is 0.285. The normalized spacial score (nSPS) is 13.1. The number of nitrogens with one attached hydrogen (secondary N) is 1. The van der Waals surface area contributed by atoms with Crippen LogP contribution in [0.1, 0.15) is 16.3 Å². The second kappa shape index (κ2) is 7.76. The molecular formula is C15H17F3N2O2S. The molecule has 0 saturated carbocycles. The van der Waals surface area contributed by atoms with E-state index in [1.165, 1.54) is 23.5 Å². The Balaban J connectivity index is 1.70. The number of hydrogen-bond acceptors (Lipinski definition) is 5. The Morgan fingerprint density at radius 1 is 1.30 bits per heavy atom. The van der Waals surface area contributed by atoms with Gasteiger partial charge in [0.25, 0.3) is 0 Å². The fourth-order valence-corrected chi connectivity index (χ4v) is 2.56. The molecule has 0 amide bonds. The van der Waals surface area contributed by atoms with Crippen molar-refractivity contribution in [3.05, 3.63) is 45.9 Å². The number of nitrogens with zero attached hydrogens (tertiary/aromatic N) is 1. The van der Waals surface area contributed by atoms with Crippen molar-refractivity contribution >= 4 is 11.3 Å². The summed E-state index contributed by atoms with van der Waals surface area (Å²) in [5.41, 5.74) is 0.226. The Morgan fingerprint density at radius 2 is 2.00 bits per heavy atom. The summed E-state index contributed by atoms with van der Waals surface area (Å²) in [6.07, 6.45) is -5.13. The quantitative estimate of drug-likeness (QED) is 0.809. The molecule has 0 aliphatic rings. The van der Waals surface area contributed by atoms with Crippen LogP contribution in [0, 0.1) is 6.92 Å². The van der Waals surface area contributed by atoms with Gasteiger partial charge in [0.05, 0.1) is 5.56 Å². The maximum absolute atomic E-state index is 12.4. The van der Waals surface area contributed by atoms with Gasteiger partial charge >= 0.3 is 6.18 Å². The van der Waals surface area contributed by atoms with E-state index in [9.17, 15) is 18.3 Å². The molecule has 126 valence electrons. The summed E-state index contributed by atoms with van der Waals surface area (Å²) in [6, 6.07) is 4.37. The molecule has 0 spiro atoms. The highest BCUT2D eigenvalue weighted by Gasteiger charge is 2.30. The van der Waals surface area contributed by atoms with Crippen LogP contribution < -0.4 is 10.1 Å². The van der Waals surface area contributed by atoms with Crippen molar-refractivity contribution < 1.29 is 23.0 Å². The molecule has 4 nitrogen and oxygen atoms in total. The van der Waals surface area contributed by atoms with Gasteiger partial charge in [0.1, 0.15) is 23.5 Å². The highest BCUT2D eigenvalue weighted by molar-refractivity contribution is 7.09. The molecule has 1 unspecified atom stereocenters. The van der Waals surface area contributed by atoms with Crippen LogP contribution in [0.3, 0.4) is 0 Å². The molecule has 2 aromatic rings. The van der Waals surface area contributed by atoms with E-state index in [0.717, 1.165) is 22.8 Å². The van der Waals surface area contributed by atoms with Gasteiger partial charge in [0.15, 0.2) is 0 Å². The zero-order chi connectivity index (χ0) is 16.9. The summed E-state index contributed by atoms with van der Waals surface area (Å²) in [5, 5.41) is 15.7. The average molecular weight is 346 g/mol. The lowest BCUT2D eigenvalue weighted by atomic mass is 10.2. The number of benzene rings is 1. The van der Waals surface area contributed by atoms with Crippen LogP contribution in [0.4, 0.5) is 13.2 Å². The Bertz CT molecular complexity index is 614. The first-order valence-corrected chi connectivity index (χ1v) is 7.82. The number of rotatable bonds is 7. The second-order valence-electron chi connectivity index (χ2n) is 5.00. The topological polar surface area (TPSA) is 54.4 Å². The van der Waals surface area contributed by atoms with Crippen molar-refractivity contribution in [2.45, 2.75) is 25.7 Å². The SMILES string of the molecule is Cc1csc(CNCC(O)COc2ccc(C(F)(F)F)cc2)n1. The number of aryl methyl sites for hydroxylation is 1. The molecule has 0 saturated heterocycles. The minimum atomic E-state index is -4.36. The maximum atomic E-state index is 12.4. The Hall–Kier alpha value is -1.64. The van der Waals surface area contributed by atoms with Gasteiger partial charge in [-0.05, 0) is 31.2 Å². The lowest BCUT2D eigenvalue weighted by Gasteiger charge is -2.13.